The molecule has 3 amide bonds. The van der Waals surface area contributed by atoms with Gasteiger partial charge in [-0.3, -0.25) is 4.79 Å². The van der Waals surface area contributed by atoms with Gasteiger partial charge < -0.3 is 15.5 Å². The summed E-state index contributed by atoms with van der Waals surface area (Å²) in [6.07, 6.45) is 2.74. The molecule has 0 radical (unpaired) electrons. The molecule has 0 atom stereocenters. The van der Waals surface area contributed by atoms with Crippen molar-refractivity contribution in [3.05, 3.63) is 65.9 Å². The Morgan fingerprint density at radius 2 is 1.69 bits per heavy atom. The van der Waals surface area contributed by atoms with E-state index in [1.54, 1.807) is 16.4 Å². The molecule has 8 heteroatoms. The molecule has 7 nitrogen and oxygen atoms in total. The molecule has 0 fully saturated rings. The molecule has 0 saturated heterocycles. The molecule has 1 aromatic heterocycles. The molecule has 0 aliphatic heterocycles. The first-order valence-electron chi connectivity index (χ1n) is 11.8. The largest absolute Gasteiger partial charge is 0.322 e. The molecule has 3 rings (SSSR count). The van der Waals surface area contributed by atoms with E-state index in [-0.39, 0.29) is 23.9 Å². The van der Waals surface area contributed by atoms with E-state index < -0.39 is 0 Å². The van der Waals surface area contributed by atoms with E-state index >= 15 is 0 Å². The van der Waals surface area contributed by atoms with Crippen LogP contribution in [0.3, 0.4) is 0 Å². The molecule has 0 aliphatic rings. The number of carbonyl (C=O) groups is 2. The summed E-state index contributed by atoms with van der Waals surface area (Å²) in [5.41, 5.74) is 3.38. The quantitative estimate of drug-likeness (QED) is 0.373. The van der Waals surface area contributed by atoms with Gasteiger partial charge in [0.15, 0.2) is 0 Å². The first kappa shape index (κ1) is 26.3. The topological polar surface area (TPSA) is 79.3 Å². The number of aryl methyl sites for hydroxylation is 1. The third-order valence-corrected chi connectivity index (χ3v) is 6.22. The molecule has 2 N–H and O–H groups in total. The number of hydrogen-bond acceptors (Lipinski definition) is 4. The first-order valence-corrected chi connectivity index (χ1v) is 13.0. The van der Waals surface area contributed by atoms with E-state index in [2.05, 4.69) is 31.4 Å². The number of thioether (sulfide) groups is 1. The lowest BCUT2D eigenvalue weighted by atomic mass is 9.92. The number of carbonyl (C=O) groups excluding carboxylic acids is 2. The maximum atomic E-state index is 13.1. The Bertz CT molecular complexity index is 1150. The number of hydrogen-bond donors (Lipinski definition) is 2. The minimum Gasteiger partial charge on any atom is -0.315 e. The van der Waals surface area contributed by atoms with Gasteiger partial charge in [-0.2, -0.15) is 5.10 Å². The molecule has 2 aromatic carbocycles. The van der Waals surface area contributed by atoms with Gasteiger partial charge in [-0.1, -0.05) is 45.4 Å². The van der Waals surface area contributed by atoms with Crippen molar-refractivity contribution >= 4 is 35.2 Å². The van der Waals surface area contributed by atoms with Crippen molar-refractivity contribution < 1.29 is 9.59 Å². The van der Waals surface area contributed by atoms with E-state index in [9.17, 15) is 9.59 Å². The molecule has 35 heavy (non-hydrogen) atoms. The number of nitrogens with zero attached hydrogens (tertiary/aromatic N) is 3. The van der Waals surface area contributed by atoms with Gasteiger partial charge in [-0.25, -0.2) is 9.48 Å². The summed E-state index contributed by atoms with van der Waals surface area (Å²) in [6.45, 7) is 10.7. The SMILES string of the molecule is CCCN(CC(=O)Nc1cc(C(C)(C)C)nn1-c1ccc(C)cc1)C(=O)Nc1ccc(SC)cc1. The van der Waals surface area contributed by atoms with Crippen molar-refractivity contribution in [1.29, 1.82) is 0 Å². The molecule has 0 spiro atoms. The van der Waals surface area contributed by atoms with Gasteiger partial charge in [-0.15, -0.1) is 11.8 Å². The molecule has 3 aromatic rings. The summed E-state index contributed by atoms with van der Waals surface area (Å²) in [4.78, 5) is 28.6. The molecular formula is C27H35N5O2S. The lowest BCUT2D eigenvalue weighted by molar-refractivity contribution is -0.116. The van der Waals surface area contributed by atoms with Crippen LogP contribution in [0.2, 0.25) is 0 Å². The average molecular weight is 494 g/mol. The first-order chi connectivity index (χ1) is 16.6. The van der Waals surface area contributed by atoms with Crippen LogP contribution in [-0.4, -0.2) is 46.0 Å². The van der Waals surface area contributed by atoms with E-state index in [0.717, 1.165) is 28.3 Å². The summed E-state index contributed by atoms with van der Waals surface area (Å²) < 4.78 is 1.75. The fourth-order valence-corrected chi connectivity index (χ4v) is 3.88. The monoisotopic (exact) mass is 493 g/mol. The molecule has 186 valence electrons. The number of benzene rings is 2. The number of anilines is 2. The van der Waals surface area contributed by atoms with E-state index in [0.29, 0.717) is 18.1 Å². The van der Waals surface area contributed by atoms with Crippen LogP contribution < -0.4 is 10.6 Å². The van der Waals surface area contributed by atoms with Gasteiger partial charge >= 0.3 is 6.03 Å². The smallest absolute Gasteiger partial charge is 0.315 e. The third-order valence-electron chi connectivity index (χ3n) is 5.48. The van der Waals surface area contributed by atoms with E-state index in [4.69, 9.17) is 5.10 Å². The van der Waals surface area contributed by atoms with Crippen LogP contribution >= 0.6 is 11.8 Å². The second-order valence-electron chi connectivity index (χ2n) is 9.54. The van der Waals surface area contributed by atoms with Crippen LogP contribution in [-0.2, 0) is 10.2 Å². The Morgan fingerprint density at radius 3 is 2.26 bits per heavy atom. The highest BCUT2D eigenvalue weighted by Gasteiger charge is 2.23. The van der Waals surface area contributed by atoms with Gasteiger partial charge in [-0.05, 0) is 56.0 Å². The molecule has 0 unspecified atom stereocenters. The molecular weight excluding hydrogens is 458 g/mol. The number of urea groups is 1. The summed E-state index contributed by atoms with van der Waals surface area (Å²) in [7, 11) is 0. The van der Waals surface area contributed by atoms with Crippen molar-refractivity contribution in [2.45, 2.75) is 51.3 Å². The summed E-state index contributed by atoms with van der Waals surface area (Å²) in [6, 6.07) is 17.2. The van der Waals surface area contributed by atoms with Gasteiger partial charge in [0.1, 0.15) is 12.4 Å². The van der Waals surface area contributed by atoms with Crippen LogP contribution in [0, 0.1) is 6.92 Å². The normalized spacial score (nSPS) is 11.3. The van der Waals surface area contributed by atoms with Gasteiger partial charge in [0.2, 0.25) is 5.91 Å². The molecule has 0 saturated carbocycles. The minimum atomic E-state index is -0.304. The summed E-state index contributed by atoms with van der Waals surface area (Å²) in [5.74, 6) is 0.299. The van der Waals surface area contributed by atoms with Crippen molar-refractivity contribution in [3.63, 3.8) is 0 Å². The predicted octanol–water partition coefficient (Wildman–Crippen LogP) is 6.08. The highest BCUT2D eigenvalue weighted by atomic mass is 32.2. The molecule has 0 bridgehead atoms. The van der Waals surface area contributed by atoms with E-state index in [1.807, 2.05) is 74.7 Å². The second kappa shape index (κ2) is 11.4. The van der Waals surface area contributed by atoms with Crippen LogP contribution in [0.25, 0.3) is 5.69 Å². The predicted molar refractivity (Wildman–Crippen MR) is 145 cm³/mol. The van der Waals surface area contributed by atoms with Crippen LogP contribution in [0.15, 0.2) is 59.5 Å². The number of amides is 3. The second-order valence-corrected chi connectivity index (χ2v) is 10.4. The lowest BCUT2D eigenvalue weighted by Gasteiger charge is -2.22. The zero-order chi connectivity index (χ0) is 25.6. The van der Waals surface area contributed by atoms with Crippen molar-refractivity contribution in [1.82, 2.24) is 14.7 Å². The third kappa shape index (κ3) is 7.11. The van der Waals surface area contributed by atoms with E-state index in [1.165, 1.54) is 4.90 Å². The number of aromatic nitrogens is 2. The standard InChI is InChI=1S/C27H35N5O2S/c1-7-16-31(26(34)28-20-10-14-22(35-6)15-11-20)18-25(33)29-24-17-23(27(3,4)5)30-32(24)21-12-8-19(2)9-13-21/h8-15,17H,7,16,18H2,1-6H3,(H,28,34)(H,29,33). The highest BCUT2D eigenvalue weighted by molar-refractivity contribution is 7.98. The fraction of sp³-hybridized carbons (Fsp3) is 0.370. The van der Waals surface area contributed by atoms with Gasteiger partial charge in [0.05, 0.1) is 11.4 Å². The summed E-state index contributed by atoms with van der Waals surface area (Å²) in [5, 5.41) is 10.6. The van der Waals surface area contributed by atoms with Gasteiger partial charge in [0.25, 0.3) is 0 Å². The van der Waals surface area contributed by atoms with Crippen molar-refractivity contribution in [3.8, 4) is 5.69 Å². The van der Waals surface area contributed by atoms with Crippen LogP contribution in [0.4, 0.5) is 16.3 Å². The number of rotatable bonds is 8. The Balaban J connectivity index is 1.77. The van der Waals surface area contributed by atoms with Crippen LogP contribution in [0.5, 0.6) is 0 Å². The zero-order valence-corrected chi connectivity index (χ0v) is 22.2. The van der Waals surface area contributed by atoms with Gasteiger partial charge in [0, 0.05) is 28.6 Å². The summed E-state index contributed by atoms with van der Waals surface area (Å²) >= 11 is 1.64. The Kier molecular flexibility index (Phi) is 8.62. The Labute approximate surface area is 212 Å². The van der Waals surface area contributed by atoms with Crippen molar-refractivity contribution in [2.24, 2.45) is 0 Å². The lowest BCUT2D eigenvalue weighted by Crippen LogP contribution is -2.41. The Morgan fingerprint density at radius 1 is 1.03 bits per heavy atom. The number of nitrogens with one attached hydrogen (secondary N) is 2. The van der Waals surface area contributed by atoms with Crippen LogP contribution in [0.1, 0.15) is 45.4 Å². The molecule has 1 heterocycles. The maximum Gasteiger partial charge on any atom is 0.322 e. The zero-order valence-electron chi connectivity index (χ0n) is 21.4. The minimum absolute atomic E-state index is 0.0630. The Hall–Kier alpha value is -3.26. The van der Waals surface area contributed by atoms with Crippen molar-refractivity contribution in [2.75, 3.05) is 30.0 Å². The molecule has 0 aliphatic carbocycles. The fourth-order valence-electron chi connectivity index (χ4n) is 3.47. The average Bonchev–Trinajstić information content (AvgIpc) is 3.24. The highest BCUT2D eigenvalue weighted by Crippen LogP contribution is 2.26. The maximum absolute atomic E-state index is 13.1.